The number of carbonyl (C=O) groups is 1. The van der Waals surface area contributed by atoms with Crippen LogP contribution in [0.5, 0.6) is 5.75 Å². The van der Waals surface area contributed by atoms with Crippen LogP contribution < -0.4 is 15.6 Å². The summed E-state index contributed by atoms with van der Waals surface area (Å²) in [6, 6.07) is 6.96. The van der Waals surface area contributed by atoms with E-state index in [1.807, 2.05) is 0 Å². The number of carbonyl (C=O) groups excluding carboxylic acids is 1. The Morgan fingerprint density at radius 1 is 1.36 bits per heavy atom. The number of rotatable bonds is 5. The SMILES string of the molecule is O=C(COc1cccc2c(=O)[nH]ccc12)NCC1CCCO1. The highest BCUT2D eigenvalue weighted by Crippen LogP contribution is 2.22. The summed E-state index contributed by atoms with van der Waals surface area (Å²) in [5.41, 5.74) is -0.175. The lowest BCUT2D eigenvalue weighted by Gasteiger charge is -2.12. The molecule has 1 unspecified atom stereocenters. The van der Waals surface area contributed by atoms with Gasteiger partial charge in [-0.1, -0.05) is 6.07 Å². The van der Waals surface area contributed by atoms with Gasteiger partial charge in [-0.15, -0.1) is 0 Å². The molecule has 116 valence electrons. The summed E-state index contributed by atoms with van der Waals surface area (Å²) in [5, 5.41) is 4.03. The quantitative estimate of drug-likeness (QED) is 0.870. The molecule has 6 heteroatoms. The standard InChI is InChI=1S/C16H18N2O4/c19-15(18-9-11-3-2-8-21-11)10-22-14-5-1-4-13-12(14)6-7-17-16(13)20/h1,4-7,11H,2-3,8-10H2,(H,17,20)(H,18,19). The molecule has 3 rings (SSSR count). The van der Waals surface area contributed by atoms with E-state index in [0.29, 0.717) is 23.1 Å². The third kappa shape index (κ3) is 3.28. The highest BCUT2D eigenvalue weighted by atomic mass is 16.5. The lowest BCUT2D eigenvalue weighted by Crippen LogP contribution is -2.35. The minimum atomic E-state index is -0.197. The number of hydrogen-bond donors (Lipinski definition) is 2. The Bertz CT molecular complexity index is 719. The second kappa shape index (κ2) is 6.62. The van der Waals surface area contributed by atoms with Gasteiger partial charge in [-0.3, -0.25) is 9.59 Å². The molecule has 2 aromatic rings. The first-order chi connectivity index (χ1) is 10.7. The Balaban J connectivity index is 1.60. The molecule has 1 fully saturated rings. The molecule has 1 saturated heterocycles. The number of fused-ring (bicyclic) bond motifs is 1. The van der Waals surface area contributed by atoms with E-state index in [1.54, 1.807) is 30.5 Å². The van der Waals surface area contributed by atoms with Gasteiger partial charge in [0.2, 0.25) is 0 Å². The number of aromatic amines is 1. The van der Waals surface area contributed by atoms with Crippen molar-refractivity contribution in [3.8, 4) is 5.75 Å². The third-order valence-electron chi connectivity index (χ3n) is 3.68. The Morgan fingerprint density at radius 3 is 3.09 bits per heavy atom. The van der Waals surface area contributed by atoms with Crippen LogP contribution in [0.1, 0.15) is 12.8 Å². The smallest absolute Gasteiger partial charge is 0.258 e. The maximum atomic E-state index is 11.8. The molecule has 2 heterocycles. The number of amides is 1. The fourth-order valence-electron chi connectivity index (χ4n) is 2.55. The molecule has 1 aromatic heterocycles. The largest absolute Gasteiger partial charge is 0.483 e. The van der Waals surface area contributed by atoms with E-state index >= 15 is 0 Å². The minimum absolute atomic E-state index is 0.0847. The lowest BCUT2D eigenvalue weighted by atomic mass is 10.1. The Hall–Kier alpha value is -2.34. The molecular formula is C16H18N2O4. The van der Waals surface area contributed by atoms with Gasteiger partial charge in [0.15, 0.2) is 6.61 Å². The van der Waals surface area contributed by atoms with E-state index < -0.39 is 0 Å². The van der Waals surface area contributed by atoms with Crippen LogP contribution in [0.15, 0.2) is 35.3 Å². The maximum Gasteiger partial charge on any atom is 0.258 e. The van der Waals surface area contributed by atoms with Gasteiger partial charge in [0.05, 0.1) is 11.5 Å². The topological polar surface area (TPSA) is 80.4 Å². The number of nitrogens with one attached hydrogen (secondary N) is 2. The van der Waals surface area contributed by atoms with Gasteiger partial charge in [0, 0.05) is 24.7 Å². The van der Waals surface area contributed by atoms with E-state index in [0.717, 1.165) is 19.4 Å². The predicted octanol–water partition coefficient (Wildman–Crippen LogP) is 1.20. The molecule has 0 saturated carbocycles. The number of aromatic nitrogens is 1. The monoisotopic (exact) mass is 302 g/mol. The Labute approximate surface area is 127 Å². The van der Waals surface area contributed by atoms with Gasteiger partial charge in [0.1, 0.15) is 5.75 Å². The fourth-order valence-corrected chi connectivity index (χ4v) is 2.55. The molecule has 1 aliphatic rings. The molecule has 2 N–H and O–H groups in total. The number of ether oxygens (including phenoxy) is 2. The van der Waals surface area contributed by atoms with E-state index in [4.69, 9.17) is 9.47 Å². The van der Waals surface area contributed by atoms with Gasteiger partial charge in [-0.2, -0.15) is 0 Å². The summed E-state index contributed by atoms with van der Waals surface area (Å²) in [7, 11) is 0. The first-order valence-corrected chi connectivity index (χ1v) is 7.35. The summed E-state index contributed by atoms with van der Waals surface area (Å²) in [6.45, 7) is 1.19. The van der Waals surface area contributed by atoms with Crippen molar-refractivity contribution in [2.75, 3.05) is 19.8 Å². The summed E-state index contributed by atoms with van der Waals surface area (Å²) in [5.74, 6) is 0.327. The van der Waals surface area contributed by atoms with Crippen LogP contribution in [0.4, 0.5) is 0 Å². The van der Waals surface area contributed by atoms with Crippen molar-refractivity contribution in [2.45, 2.75) is 18.9 Å². The molecule has 1 aliphatic heterocycles. The lowest BCUT2D eigenvalue weighted by molar-refractivity contribution is -0.123. The summed E-state index contributed by atoms with van der Waals surface area (Å²) in [6.07, 6.45) is 3.70. The molecule has 0 aliphatic carbocycles. The highest BCUT2D eigenvalue weighted by molar-refractivity contribution is 5.87. The number of hydrogen-bond acceptors (Lipinski definition) is 4. The third-order valence-corrected chi connectivity index (χ3v) is 3.68. The van der Waals surface area contributed by atoms with E-state index in [1.165, 1.54) is 0 Å². The van der Waals surface area contributed by atoms with Crippen molar-refractivity contribution in [3.63, 3.8) is 0 Å². The summed E-state index contributed by atoms with van der Waals surface area (Å²) in [4.78, 5) is 26.1. The van der Waals surface area contributed by atoms with Crippen molar-refractivity contribution < 1.29 is 14.3 Å². The molecule has 0 spiro atoms. The second-order valence-electron chi connectivity index (χ2n) is 5.25. The van der Waals surface area contributed by atoms with Crippen LogP contribution in [0.2, 0.25) is 0 Å². The summed E-state index contributed by atoms with van der Waals surface area (Å²) < 4.78 is 11.0. The van der Waals surface area contributed by atoms with Gasteiger partial charge < -0.3 is 19.8 Å². The highest BCUT2D eigenvalue weighted by Gasteiger charge is 2.16. The minimum Gasteiger partial charge on any atom is -0.483 e. The van der Waals surface area contributed by atoms with Crippen molar-refractivity contribution >= 4 is 16.7 Å². The van der Waals surface area contributed by atoms with Crippen LogP contribution in [0, 0.1) is 0 Å². The molecule has 1 atom stereocenters. The maximum absolute atomic E-state index is 11.8. The molecule has 0 bridgehead atoms. The average molecular weight is 302 g/mol. The molecule has 0 radical (unpaired) electrons. The zero-order valence-electron chi connectivity index (χ0n) is 12.1. The first-order valence-electron chi connectivity index (χ1n) is 7.35. The van der Waals surface area contributed by atoms with E-state index in [2.05, 4.69) is 10.3 Å². The number of H-pyrrole nitrogens is 1. The number of benzene rings is 1. The second-order valence-corrected chi connectivity index (χ2v) is 5.25. The van der Waals surface area contributed by atoms with Crippen molar-refractivity contribution in [2.24, 2.45) is 0 Å². The molecule has 1 amide bonds. The Kier molecular flexibility index (Phi) is 4.39. The van der Waals surface area contributed by atoms with Crippen molar-refractivity contribution in [1.82, 2.24) is 10.3 Å². The summed E-state index contributed by atoms with van der Waals surface area (Å²) >= 11 is 0. The van der Waals surface area contributed by atoms with Gasteiger partial charge in [-0.25, -0.2) is 0 Å². The van der Waals surface area contributed by atoms with Crippen molar-refractivity contribution in [1.29, 1.82) is 0 Å². The normalized spacial score (nSPS) is 17.5. The zero-order valence-corrected chi connectivity index (χ0v) is 12.1. The zero-order chi connectivity index (χ0) is 15.4. The molecular weight excluding hydrogens is 284 g/mol. The van der Waals surface area contributed by atoms with Gasteiger partial charge >= 0.3 is 0 Å². The van der Waals surface area contributed by atoms with Gasteiger partial charge in [0.25, 0.3) is 11.5 Å². The van der Waals surface area contributed by atoms with Crippen LogP contribution in [0.25, 0.3) is 10.8 Å². The number of pyridine rings is 1. The van der Waals surface area contributed by atoms with E-state index in [9.17, 15) is 9.59 Å². The first kappa shape index (κ1) is 14.6. The van der Waals surface area contributed by atoms with Crippen LogP contribution in [-0.2, 0) is 9.53 Å². The molecule has 1 aromatic carbocycles. The van der Waals surface area contributed by atoms with Crippen LogP contribution in [-0.4, -0.2) is 36.8 Å². The van der Waals surface area contributed by atoms with E-state index in [-0.39, 0.29) is 24.2 Å². The fraction of sp³-hybridized carbons (Fsp3) is 0.375. The Morgan fingerprint density at radius 2 is 2.27 bits per heavy atom. The van der Waals surface area contributed by atoms with Crippen LogP contribution in [0.3, 0.4) is 0 Å². The predicted molar refractivity (Wildman–Crippen MR) is 82.0 cm³/mol. The van der Waals surface area contributed by atoms with Crippen LogP contribution >= 0.6 is 0 Å². The van der Waals surface area contributed by atoms with Crippen molar-refractivity contribution in [3.05, 3.63) is 40.8 Å². The molecule has 22 heavy (non-hydrogen) atoms. The van der Waals surface area contributed by atoms with Gasteiger partial charge in [-0.05, 0) is 31.0 Å². The molecule has 6 nitrogen and oxygen atoms in total. The average Bonchev–Trinajstić information content (AvgIpc) is 3.05.